The van der Waals surface area contributed by atoms with Gasteiger partial charge in [-0.3, -0.25) is 0 Å². The number of alkyl halides is 3. The molecule has 2 rings (SSSR count). The van der Waals surface area contributed by atoms with Crippen molar-refractivity contribution in [1.29, 1.82) is 0 Å². The highest BCUT2D eigenvalue weighted by Crippen LogP contribution is 2.47. The van der Waals surface area contributed by atoms with E-state index in [1.54, 1.807) is 13.8 Å². The number of benzene rings is 1. The van der Waals surface area contributed by atoms with Gasteiger partial charge in [0.1, 0.15) is 5.76 Å². The molecule has 0 saturated heterocycles. The van der Waals surface area contributed by atoms with Crippen LogP contribution in [0.5, 0.6) is 0 Å². The third-order valence-corrected chi connectivity index (χ3v) is 5.96. The monoisotopic (exact) mass is 468 g/mol. The van der Waals surface area contributed by atoms with E-state index in [4.69, 9.17) is 9.47 Å². The van der Waals surface area contributed by atoms with E-state index in [1.165, 1.54) is 0 Å². The zero-order valence-corrected chi connectivity index (χ0v) is 16.5. The maximum absolute atomic E-state index is 14.3. The predicted molar refractivity (Wildman–Crippen MR) is 86.9 cm³/mol. The van der Waals surface area contributed by atoms with Gasteiger partial charge in [0, 0.05) is 17.9 Å². The van der Waals surface area contributed by atoms with E-state index >= 15 is 0 Å². The molecule has 0 bridgehead atoms. The molecular weight excluding hydrogens is 452 g/mol. The number of rotatable bonds is 5. The molecule has 1 aromatic carbocycles. The lowest BCUT2D eigenvalue weighted by molar-refractivity contribution is -0.136. The molecule has 0 unspecified atom stereocenters. The first kappa shape index (κ1) is 24.4. The van der Waals surface area contributed by atoms with Crippen LogP contribution < -0.4 is 0 Å². The van der Waals surface area contributed by atoms with Crippen molar-refractivity contribution in [2.75, 3.05) is 6.61 Å². The van der Waals surface area contributed by atoms with E-state index in [2.05, 4.69) is 0 Å². The highest BCUT2D eigenvalue weighted by atomic mass is 32.2. The van der Waals surface area contributed by atoms with Crippen molar-refractivity contribution in [2.45, 2.75) is 44.9 Å². The molecule has 0 radical (unpaired) electrons. The van der Waals surface area contributed by atoms with Crippen molar-refractivity contribution in [3.63, 3.8) is 0 Å². The van der Waals surface area contributed by atoms with Crippen LogP contribution in [0, 0.1) is 35.0 Å². The number of sulfone groups is 1. The van der Waals surface area contributed by atoms with Crippen LogP contribution in [0.15, 0.2) is 10.7 Å². The molecule has 1 aromatic rings. The van der Waals surface area contributed by atoms with Gasteiger partial charge in [-0.15, -0.1) is 0 Å². The number of hydrogen-bond acceptors (Lipinski definition) is 4. The van der Waals surface area contributed by atoms with Crippen molar-refractivity contribution in [3.05, 3.63) is 45.3 Å². The van der Waals surface area contributed by atoms with Gasteiger partial charge in [0.2, 0.25) is 5.82 Å². The maximum atomic E-state index is 14.3. The summed E-state index contributed by atoms with van der Waals surface area (Å²) in [4.78, 5) is -1.65. The van der Waals surface area contributed by atoms with Gasteiger partial charge in [0.15, 0.2) is 29.6 Å². The Morgan fingerprint density at radius 2 is 1.47 bits per heavy atom. The minimum Gasteiger partial charge on any atom is -0.469 e. The number of halogens is 8. The number of allylic oxidation sites excluding steroid dienone is 2. The molecule has 0 aliphatic carbocycles. The molecule has 13 heteroatoms. The van der Waals surface area contributed by atoms with Crippen LogP contribution in [0.3, 0.4) is 0 Å². The first-order chi connectivity index (χ1) is 13.6. The van der Waals surface area contributed by atoms with Crippen LogP contribution in [0.4, 0.5) is 35.1 Å². The van der Waals surface area contributed by atoms with E-state index in [9.17, 15) is 43.5 Å². The summed E-state index contributed by atoms with van der Waals surface area (Å²) in [6, 6.07) is 0. The Morgan fingerprint density at radius 3 is 1.90 bits per heavy atom. The van der Waals surface area contributed by atoms with Gasteiger partial charge in [0.05, 0.1) is 11.5 Å². The van der Waals surface area contributed by atoms with E-state index in [0.717, 1.165) is 6.92 Å². The Bertz CT molecular complexity index is 940. The van der Waals surface area contributed by atoms with Gasteiger partial charge in [-0.05, 0) is 12.8 Å². The fourth-order valence-electron chi connectivity index (χ4n) is 2.93. The van der Waals surface area contributed by atoms with Gasteiger partial charge in [-0.1, -0.05) is 13.8 Å². The largest absolute Gasteiger partial charge is 0.501 e. The molecular formula is C17H16F8O4S. The predicted octanol–water partition coefficient (Wildman–Crippen LogP) is 5.05. The van der Waals surface area contributed by atoms with Crippen molar-refractivity contribution in [3.8, 4) is 0 Å². The zero-order chi connectivity index (χ0) is 23.2. The molecule has 0 N–H and O–H groups in total. The summed E-state index contributed by atoms with van der Waals surface area (Å²) in [7, 11) is -6.24. The van der Waals surface area contributed by atoms with E-state index in [-0.39, 0.29) is 12.5 Å². The highest BCUT2D eigenvalue weighted by Gasteiger charge is 2.54. The lowest BCUT2D eigenvalue weighted by atomic mass is 9.91. The Hall–Kier alpha value is -1.89. The van der Waals surface area contributed by atoms with Crippen molar-refractivity contribution in [1.82, 2.24) is 0 Å². The average molecular weight is 468 g/mol. The summed E-state index contributed by atoms with van der Waals surface area (Å²) < 4.78 is 143. The SMILES string of the molecule is CC1=C(S(=O)(=O)C(F)(F)F)[C@H](c2c(F)c(F)c(F)c(F)c2F)C[C@H](OCC(C)C)O1. The normalized spacial score (nSPS) is 20.7. The molecule has 1 heterocycles. The standard InChI is InChI=1S/C17H16F8O4S/c1-6(2)5-28-9-4-8(10-11(18)13(20)15(22)14(21)12(10)19)16(7(3)29-9)30(26,27)17(23,24)25/h6,8-9H,4-5H2,1-3H3/t8-,9+/m0/s1. The molecule has 170 valence electrons. The Kier molecular flexibility index (Phi) is 6.77. The lowest BCUT2D eigenvalue weighted by Crippen LogP contribution is -2.36. The Labute approximate surface area is 166 Å². The van der Waals surface area contributed by atoms with Crippen LogP contribution in [0.2, 0.25) is 0 Å². The van der Waals surface area contributed by atoms with Crippen LogP contribution in [0.1, 0.15) is 38.7 Å². The smallest absolute Gasteiger partial charge is 0.469 e. The number of ether oxygens (including phenoxy) is 2. The quantitative estimate of drug-likeness (QED) is 0.345. The summed E-state index contributed by atoms with van der Waals surface area (Å²) >= 11 is 0. The molecule has 0 fully saturated rings. The Morgan fingerprint density at radius 1 is 1.00 bits per heavy atom. The second-order valence-corrected chi connectivity index (χ2v) is 8.83. The van der Waals surface area contributed by atoms with Crippen LogP contribution in [-0.4, -0.2) is 26.8 Å². The molecule has 0 aromatic heterocycles. The van der Waals surface area contributed by atoms with Crippen molar-refractivity contribution >= 4 is 9.84 Å². The summed E-state index contributed by atoms with van der Waals surface area (Å²) in [6.07, 6.45) is -2.42. The maximum Gasteiger partial charge on any atom is 0.501 e. The molecule has 0 saturated carbocycles. The topological polar surface area (TPSA) is 52.6 Å². The van der Waals surface area contributed by atoms with Gasteiger partial charge in [-0.2, -0.15) is 13.2 Å². The molecule has 0 amide bonds. The fraction of sp³-hybridized carbons (Fsp3) is 0.529. The molecule has 2 atom stereocenters. The molecule has 1 aliphatic heterocycles. The second-order valence-electron chi connectivity index (χ2n) is 6.92. The van der Waals surface area contributed by atoms with Gasteiger partial charge < -0.3 is 9.47 Å². The number of hydrogen-bond donors (Lipinski definition) is 0. The first-order valence-electron chi connectivity index (χ1n) is 8.42. The third kappa shape index (κ3) is 4.27. The molecule has 1 aliphatic rings. The van der Waals surface area contributed by atoms with Gasteiger partial charge in [-0.25, -0.2) is 30.4 Å². The van der Waals surface area contributed by atoms with Crippen molar-refractivity contribution in [2.24, 2.45) is 5.92 Å². The van der Waals surface area contributed by atoms with Crippen LogP contribution in [-0.2, 0) is 19.3 Å². The second kappa shape index (κ2) is 8.33. The van der Waals surface area contributed by atoms with Gasteiger partial charge in [0.25, 0.3) is 9.84 Å². The summed E-state index contributed by atoms with van der Waals surface area (Å²) in [5.74, 6) is -15.7. The summed E-state index contributed by atoms with van der Waals surface area (Å²) in [5.41, 5.74) is -7.63. The van der Waals surface area contributed by atoms with E-state index in [1.807, 2.05) is 0 Å². The van der Waals surface area contributed by atoms with E-state index < -0.39 is 79.3 Å². The zero-order valence-electron chi connectivity index (χ0n) is 15.7. The van der Waals surface area contributed by atoms with Crippen LogP contribution >= 0.6 is 0 Å². The Balaban J connectivity index is 2.76. The summed E-state index contributed by atoms with van der Waals surface area (Å²) in [6.45, 7) is 4.10. The van der Waals surface area contributed by atoms with Gasteiger partial charge >= 0.3 is 5.51 Å². The van der Waals surface area contributed by atoms with Crippen LogP contribution in [0.25, 0.3) is 0 Å². The lowest BCUT2D eigenvalue weighted by Gasteiger charge is -2.34. The van der Waals surface area contributed by atoms with Crippen molar-refractivity contribution < 1.29 is 53.0 Å². The molecule has 30 heavy (non-hydrogen) atoms. The average Bonchev–Trinajstić information content (AvgIpc) is 2.61. The minimum absolute atomic E-state index is 0.0386. The molecule has 4 nitrogen and oxygen atoms in total. The summed E-state index contributed by atoms with van der Waals surface area (Å²) in [5, 5.41) is 0. The highest BCUT2D eigenvalue weighted by molar-refractivity contribution is 7.96. The fourth-order valence-corrected chi connectivity index (χ4v) is 4.19. The van der Waals surface area contributed by atoms with E-state index in [0.29, 0.717) is 0 Å². The first-order valence-corrected chi connectivity index (χ1v) is 9.91. The minimum atomic E-state index is -6.24. The molecule has 0 spiro atoms. The third-order valence-electron chi connectivity index (χ3n) is 4.20.